The smallest absolute Gasteiger partial charge is 0.0774 e. The van der Waals surface area contributed by atoms with E-state index in [0.717, 1.165) is 38.1 Å². The van der Waals surface area contributed by atoms with Gasteiger partial charge in [0.2, 0.25) is 0 Å². The quantitative estimate of drug-likeness (QED) is 0.123. The van der Waals surface area contributed by atoms with E-state index in [1.165, 1.54) is 54.6 Å². The van der Waals surface area contributed by atoms with Crippen LogP contribution in [0, 0.1) is 19.0 Å². The molecule has 3 heterocycles. The first kappa shape index (κ1) is 35.5. The maximum absolute atomic E-state index is 8.57. The third-order valence-corrected chi connectivity index (χ3v) is 12.3. The van der Waals surface area contributed by atoms with Crippen LogP contribution in [0.3, 0.4) is 0 Å². The largest absolute Gasteiger partial charge is 0.333 e. The summed E-state index contributed by atoms with van der Waals surface area (Å²) in [5, 5.41) is 7.19. The molecule has 0 bridgehead atoms. The van der Waals surface area contributed by atoms with Gasteiger partial charge in [0, 0.05) is 42.2 Å². The Hall–Kier alpha value is -5.45. The molecule has 295 valence electrons. The molecule has 0 amide bonds. The Morgan fingerprint density at radius 3 is 2.15 bits per heavy atom. The second kappa shape index (κ2) is 16.7. The van der Waals surface area contributed by atoms with E-state index >= 15 is 0 Å². The number of imidazole rings is 1. The van der Waals surface area contributed by atoms with Crippen LogP contribution in [0.1, 0.15) is 87.0 Å². The normalized spacial score (nSPS) is 13.0. The van der Waals surface area contributed by atoms with Gasteiger partial charge in [0.25, 0.3) is 0 Å². The van der Waals surface area contributed by atoms with Crippen LogP contribution in [0.25, 0.3) is 81.1 Å². The Morgan fingerprint density at radius 1 is 0.661 bits per heavy atom. The van der Waals surface area contributed by atoms with Crippen LogP contribution in [-0.4, -0.2) is 14.5 Å². The van der Waals surface area contributed by atoms with Gasteiger partial charge in [0.05, 0.1) is 16.9 Å². The van der Waals surface area contributed by atoms with Gasteiger partial charge in [-0.05, 0) is 108 Å². The van der Waals surface area contributed by atoms with Crippen molar-refractivity contribution in [3.05, 3.63) is 174 Å². The Bertz CT molecular complexity index is 3260. The van der Waals surface area contributed by atoms with Crippen LogP contribution in [0.15, 0.2) is 140 Å². The predicted octanol–water partition coefficient (Wildman–Crippen LogP) is 15.4. The number of rotatable bonds is 6. The first-order valence-electron chi connectivity index (χ1n) is 22.0. The second-order valence-electron chi connectivity index (χ2n) is 15.8. The van der Waals surface area contributed by atoms with Crippen LogP contribution < -0.4 is 0 Å². The van der Waals surface area contributed by atoms with Crippen LogP contribution in [0.5, 0.6) is 0 Å². The molecule has 3 nitrogen and oxygen atoms in total. The number of thiophene rings is 1. The minimum atomic E-state index is -2.32. The fourth-order valence-electron chi connectivity index (χ4n) is 8.17. The molecule has 0 aliphatic carbocycles. The van der Waals surface area contributed by atoms with Crippen LogP contribution >= 0.6 is 11.3 Å². The fourth-order valence-corrected chi connectivity index (χ4v) is 9.40. The number of nitrogens with zero attached hydrogens (tertiary/aromatic N) is 3. The Labute approximate surface area is 370 Å². The molecule has 0 aliphatic rings. The van der Waals surface area contributed by atoms with Gasteiger partial charge in [0.1, 0.15) is 0 Å². The molecule has 1 radical (unpaired) electrons. The average molecular weight is 966 g/mol. The summed E-state index contributed by atoms with van der Waals surface area (Å²) in [6.45, 7) is 10.1. The van der Waals surface area contributed by atoms with Crippen molar-refractivity contribution in [1.82, 2.24) is 14.5 Å². The van der Waals surface area contributed by atoms with E-state index in [2.05, 4.69) is 153 Å². The van der Waals surface area contributed by atoms with Crippen molar-refractivity contribution in [1.29, 1.82) is 0 Å². The maximum atomic E-state index is 8.57. The SMILES string of the molecule is CC(C)c1cccc(C(C)C)c1-n1c(-c2[c-]cccc2)nc2ccccc21.[2H]C([2H])([2H])c1cnc(-c2[c-]ccc3c2sc2cc4c(ccc5ccccc54)cc23)cc1C([2H])(C)C.[Ir]. The van der Waals surface area contributed by atoms with Gasteiger partial charge < -0.3 is 9.55 Å². The van der Waals surface area contributed by atoms with Crippen LogP contribution in [-0.2, 0) is 20.1 Å². The third kappa shape index (κ3) is 7.42. The monoisotopic (exact) mass is 966 g/mol. The number of para-hydroxylation sites is 3. The molecule has 10 rings (SSSR count). The fraction of sp³-hybridized carbons (Fsp3) is 0.185. The number of fused-ring (bicyclic) bond motifs is 7. The number of pyridine rings is 1. The molecule has 0 N–H and O–H groups in total. The van der Waals surface area contributed by atoms with E-state index in [0.29, 0.717) is 23.1 Å². The zero-order valence-corrected chi connectivity index (χ0v) is 37.2. The van der Waals surface area contributed by atoms with Crippen LogP contribution in [0.4, 0.5) is 0 Å². The molecule has 3 aromatic heterocycles. The standard InChI is InChI=1S/C29H22NS.C25H25N2.Ir/c1-17(2)24-14-27(30-16-18(24)3)23-10-6-9-22-26-13-20-12-11-19-7-4-5-8-21(19)25(20)15-28(26)31-29(22)23;1-17(2)20-13-10-14-21(18(3)4)24(20)27-23-16-9-8-15-22(23)26-25(27)19-11-6-5-7-12-19;/h4-9,11-17H,1-3H3;5-11,13-18H,1-4H3;/q2*-1;/i3D3,17D;;. The summed E-state index contributed by atoms with van der Waals surface area (Å²) in [6.07, 6.45) is 1.41. The molecule has 59 heavy (non-hydrogen) atoms. The van der Waals surface area contributed by atoms with Crippen molar-refractivity contribution >= 4 is 64.1 Å². The molecule has 0 unspecified atom stereocenters. The minimum Gasteiger partial charge on any atom is -0.333 e. The Morgan fingerprint density at radius 2 is 1.41 bits per heavy atom. The van der Waals surface area contributed by atoms with Gasteiger partial charge in [-0.3, -0.25) is 4.98 Å². The van der Waals surface area contributed by atoms with Crippen molar-refractivity contribution < 1.29 is 25.6 Å². The second-order valence-corrected chi connectivity index (χ2v) is 16.9. The summed E-state index contributed by atoms with van der Waals surface area (Å²) >= 11 is 1.70. The van der Waals surface area contributed by atoms with E-state index in [1.807, 2.05) is 24.3 Å². The molecule has 10 aromatic rings. The number of aryl methyl sites for hydroxylation is 1. The zero-order chi connectivity index (χ0) is 43.5. The predicted molar refractivity (Wildman–Crippen MR) is 249 cm³/mol. The maximum Gasteiger partial charge on any atom is 0.0774 e. The summed E-state index contributed by atoms with van der Waals surface area (Å²) < 4.78 is 36.9. The van der Waals surface area contributed by atoms with Gasteiger partial charge in [-0.1, -0.05) is 120 Å². The number of hydrogen-bond donors (Lipinski definition) is 0. The first-order valence-corrected chi connectivity index (χ1v) is 20.8. The Kier molecular flexibility index (Phi) is 10.0. The summed E-state index contributed by atoms with van der Waals surface area (Å²) in [4.78, 5) is 9.53. The van der Waals surface area contributed by atoms with Crippen molar-refractivity contribution in [3.63, 3.8) is 0 Å². The van der Waals surface area contributed by atoms with E-state index < -0.39 is 12.7 Å². The van der Waals surface area contributed by atoms with E-state index in [-0.39, 0.29) is 25.7 Å². The van der Waals surface area contributed by atoms with Crippen molar-refractivity contribution in [2.45, 2.75) is 66.1 Å². The van der Waals surface area contributed by atoms with E-state index in [1.54, 1.807) is 31.3 Å². The molecule has 0 atom stereocenters. The first-order chi connectivity index (χ1) is 29.7. The molecule has 0 aliphatic heterocycles. The molecule has 0 saturated carbocycles. The molecule has 0 spiro atoms. The van der Waals surface area contributed by atoms with Gasteiger partial charge in [-0.25, -0.2) is 0 Å². The van der Waals surface area contributed by atoms with Crippen molar-refractivity contribution in [2.75, 3.05) is 0 Å². The Balaban J connectivity index is 0.000000176. The minimum absolute atomic E-state index is 0. The van der Waals surface area contributed by atoms with E-state index in [9.17, 15) is 0 Å². The van der Waals surface area contributed by atoms with E-state index in [4.69, 9.17) is 10.5 Å². The molecular weight excluding hydrogens is 915 g/mol. The molecule has 7 aromatic carbocycles. The number of benzene rings is 7. The summed E-state index contributed by atoms with van der Waals surface area (Å²) in [6, 6.07) is 52.9. The van der Waals surface area contributed by atoms with Crippen LogP contribution in [0.2, 0.25) is 0 Å². The number of aromatic nitrogens is 3. The zero-order valence-electron chi connectivity index (χ0n) is 38.0. The molecular formula is C54H47IrN3S-2. The van der Waals surface area contributed by atoms with Gasteiger partial charge in [0.15, 0.2) is 0 Å². The summed E-state index contributed by atoms with van der Waals surface area (Å²) in [5.41, 5.74) is 9.20. The van der Waals surface area contributed by atoms with Crippen molar-refractivity contribution in [2.24, 2.45) is 0 Å². The number of hydrogen-bond acceptors (Lipinski definition) is 3. The third-order valence-electron chi connectivity index (χ3n) is 11.1. The van der Waals surface area contributed by atoms with Gasteiger partial charge >= 0.3 is 0 Å². The van der Waals surface area contributed by atoms with Gasteiger partial charge in [-0.2, -0.15) is 11.3 Å². The van der Waals surface area contributed by atoms with Gasteiger partial charge in [-0.15, -0.1) is 59.7 Å². The summed E-state index contributed by atoms with van der Waals surface area (Å²) in [5.74, 6) is 0.723. The topological polar surface area (TPSA) is 30.7 Å². The summed E-state index contributed by atoms with van der Waals surface area (Å²) in [7, 11) is 0. The van der Waals surface area contributed by atoms with Crippen molar-refractivity contribution in [3.8, 4) is 28.3 Å². The molecule has 5 heteroatoms. The molecule has 0 saturated heterocycles. The molecule has 0 fully saturated rings. The average Bonchev–Trinajstić information content (AvgIpc) is 3.83.